The topological polar surface area (TPSA) is 68.3 Å². The summed E-state index contributed by atoms with van der Waals surface area (Å²) in [5.41, 5.74) is 1.52. The molecule has 0 bridgehead atoms. The zero-order valence-corrected chi connectivity index (χ0v) is 18.9. The van der Waals surface area contributed by atoms with Gasteiger partial charge in [-0.2, -0.15) is 0 Å². The number of ether oxygens (including phenoxy) is 3. The molecule has 1 fully saturated rings. The molecular formula is C25H30N2O5. The average molecular weight is 439 g/mol. The average Bonchev–Trinajstić information content (AvgIpc) is 3.25. The molecular weight excluding hydrogens is 408 g/mol. The van der Waals surface area contributed by atoms with E-state index in [0.717, 1.165) is 30.6 Å². The van der Waals surface area contributed by atoms with Gasteiger partial charge in [0.1, 0.15) is 5.75 Å². The van der Waals surface area contributed by atoms with Crippen LogP contribution in [0.4, 0.5) is 0 Å². The number of carbonyl (C=O) groups is 2. The molecule has 0 aromatic heterocycles. The standard InChI is InChI=1S/C25H30N2O5/c1-17-5-4-6-18(2)27(17)24(28)15-30-21-10-8-20(9-11-21)25(29)26(3)14-19-7-12-22-23(13-19)32-16-31-22/h7-13,17-18H,4-6,14-16H2,1-3H3. The molecule has 2 aromatic rings. The van der Waals surface area contributed by atoms with Gasteiger partial charge >= 0.3 is 0 Å². The summed E-state index contributed by atoms with van der Waals surface area (Å²) in [6.07, 6.45) is 3.23. The smallest absolute Gasteiger partial charge is 0.260 e. The van der Waals surface area contributed by atoms with Crippen molar-refractivity contribution < 1.29 is 23.8 Å². The van der Waals surface area contributed by atoms with Crippen LogP contribution in [0.3, 0.4) is 0 Å². The Morgan fingerprint density at radius 1 is 1.03 bits per heavy atom. The molecule has 0 saturated carbocycles. The fraction of sp³-hybridized carbons (Fsp3) is 0.440. The first-order chi connectivity index (χ1) is 15.4. The maximum Gasteiger partial charge on any atom is 0.260 e. The fourth-order valence-corrected chi connectivity index (χ4v) is 4.43. The number of rotatable bonds is 6. The minimum absolute atomic E-state index is 0.00594. The summed E-state index contributed by atoms with van der Waals surface area (Å²) in [6, 6.07) is 13.1. The van der Waals surface area contributed by atoms with Gasteiger partial charge < -0.3 is 24.0 Å². The van der Waals surface area contributed by atoms with Crippen LogP contribution in [0, 0.1) is 0 Å². The van der Waals surface area contributed by atoms with Gasteiger partial charge in [0, 0.05) is 31.2 Å². The second-order valence-corrected chi connectivity index (χ2v) is 8.59. The largest absolute Gasteiger partial charge is 0.484 e. The molecule has 170 valence electrons. The number of nitrogens with zero attached hydrogens (tertiary/aromatic N) is 2. The van der Waals surface area contributed by atoms with Crippen LogP contribution >= 0.6 is 0 Å². The first kappa shape index (κ1) is 22.0. The molecule has 2 aromatic carbocycles. The summed E-state index contributed by atoms with van der Waals surface area (Å²) in [5.74, 6) is 1.91. The molecule has 7 nitrogen and oxygen atoms in total. The Labute approximate surface area is 188 Å². The van der Waals surface area contributed by atoms with Crippen LogP contribution < -0.4 is 14.2 Å². The summed E-state index contributed by atoms with van der Waals surface area (Å²) in [7, 11) is 1.76. The van der Waals surface area contributed by atoms with Gasteiger partial charge in [-0.25, -0.2) is 0 Å². The molecule has 4 rings (SSSR count). The highest BCUT2D eigenvalue weighted by atomic mass is 16.7. The van der Waals surface area contributed by atoms with E-state index in [2.05, 4.69) is 13.8 Å². The second-order valence-electron chi connectivity index (χ2n) is 8.59. The lowest BCUT2D eigenvalue weighted by Gasteiger charge is -2.38. The minimum Gasteiger partial charge on any atom is -0.484 e. The number of piperidine rings is 1. The normalized spacial score (nSPS) is 19.5. The Bertz CT molecular complexity index is 965. The maximum atomic E-state index is 12.8. The highest BCUT2D eigenvalue weighted by molar-refractivity contribution is 5.94. The lowest BCUT2D eigenvalue weighted by molar-refractivity contribution is -0.139. The van der Waals surface area contributed by atoms with E-state index in [1.54, 1.807) is 36.2 Å². The Morgan fingerprint density at radius 2 is 1.72 bits per heavy atom. The molecule has 0 radical (unpaired) electrons. The first-order valence-corrected chi connectivity index (χ1v) is 11.1. The van der Waals surface area contributed by atoms with E-state index in [1.165, 1.54) is 0 Å². The highest BCUT2D eigenvalue weighted by Crippen LogP contribution is 2.32. The third kappa shape index (κ3) is 4.82. The fourth-order valence-electron chi connectivity index (χ4n) is 4.43. The van der Waals surface area contributed by atoms with Crippen molar-refractivity contribution in [2.75, 3.05) is 20.4 Å². The number of amides is 2. The van der Waals surface area contributed by atoms with Crippen LogP contribution in [0.1, 0.15) is 49.0 Å². The quantitative estimate of drug-likeness (QED) is 0.685. The van der Waals surface area contributed by atoms with Gasteiger partial charge in [-0.05, 0) is 75.1 Å². The summed E-state index contributed by atoms with van der Waals surface area (Å²) < 4.78 is 16.4. The number of likely N-dealkylation sites (tertiary alicyclic amines) is 1. The molecule has 2 aliphatic heterocycles. The molecule has 2 unspecified atom stereocenters. The minimum atomic E-state index is -0.0961. The third-order valence-electron chi connectivity index (χ3n) is 6.15. The van der Waals surface area contributed by atoms with Crippen molar-refractivity contribution in [1.82, 2.24) is 9.80 Å². The number of benzene rings is 2. The van der Waals surface area contributed by atoms with Crippen molar-refractivity contribution in [2.45, 2.75) is 51.7 Å². The van der Waals surface area contributed by atoms with Crippen LogP contribution in [0.2, 0.25) is 0 Å². The molecule has 2 heterocycles. The van der Waals surface area contributed by atoms with E-state index >= 15 is 0 Å². The Balaban J connectivity index is 1.31. The van der Waals surface area contributed by atoms with Gasteiger partial charge in [0.25, 0.3) is 11.8 Å². The van der Waals surface area contributed by atoms with Gasteiger partial charge in [-0.3, -0.25) is 9.59 Å². The molecule has 0 spiro atoms. The first-order valence-electron chi connectivity index (χ1n) is 11.1. The van der Waals surface area contributed by atoms with Crippen molar-refractivity contribution in [3.05, 3.63) is 53.6 Å². The van der Waals surface area contributed by atoms with Gasteiger partial charge in [0.15, 0.2) is 18.1 Å². The number of hydrogen-bond donors (Lipinski definition) is 0. The monoisotopic (exact) mass is 438 g/mol. The molecule has 2 aliphatic rings. The molecule has 1 saturated heterocycles. The van der Waals surface area contributed by atoms with Crippen LogP contribution in [0.5, 0.6) is 17.2 Å². The highest BCUT2D eigenvalue weighted by Gasteiger charge is 2.29. The van der Waals surface area contributed by atoms with Crippen LogP contribution in [0.25, 0.3) is 0 Å². The lowest BCUT2D eigenvalue weighted by atomic mass is 9.97. The molecule has 2 amide bonds. The third-order valence-corrected chi connectivity index (χ3v) is 6.15. The zero-order chi connectivity index (χ0) is 22.7. The van der Waals surface area contributed by atoms with Gasteiger partial charge in [-0.1, -0.05) is 6.07 Å². The number of carbonyl (C=O) groups excluding carboxylic acids is 2. The van der Waals surface area contributed by atoms with Crippen LogP contribution in [0.15, 0.2) is 42.5 Å². The summed E-state index contributed by atoms with van der Waals surface area (Å²) in [6.45, 7) is 4.87. The molecule has 7 heteroatoms. The Morgan fingerprint density at radius 3 is 2.44 bits per heavy atom. The Hall–Kier alpha value is -3.22. The Kier molecular flexibility index (Phi) is 6.53. The van der Waals surface area contributed by atoms with Crippen LogP contribution in [-0.2, 0) is 11.3 Å². The van der Waals surface area contributed by atoms with Gasteiger partial charge in [0.2, 0.25) is 6.79 Å². The molecule has 0 aliphatic carbocycles. The van der Waals surface area contributed by atoms with Crippen molar-refractivity contribution in [3.8, 4) is 17.2 Å². The van der Waals surface area contributed by atoms with Crippen molar-refractivity contribution in [3.63, 3.8) is 0 Å². The molecule has 2 atom stereocenters. The van der Waals surface area contributed by atoms with Crippen molar-refractivity contribution >= 4 is 11.8 Å². The second kappa shape index (κ2) is 9.51. The van der Waals surface area contributed by atoms with Crippen LogP contribution in [-0.4, -0.2) is 54.1 Å². The predicted octanol–water partition coefficient (Wildman–Crippen LogP) is 3.86. The van der Waals surface area contributed by atoms with Gasteiger partial charge in [-0.15, -0.1) is 0 Å². The van der Waals surface area contributed by atoms with E-state index in [4.69, 9.17) is 14.2 Å². The lowest BCUT2D eigenvalue weighted by Crippen LogP contribution is -2.49. The summed E-state index contributed by atoms with van der Waals surface area (Å²) in [5, 5.41) is 0. The summed E-state index contributed by atoms with van der Waals surface area (Å²) in [4.78, 5) is 29.0. The van der Waals surface area contributed by atoms with E-state index in [9.17, 15) is 9.59 Å². The van der Waals surface area contributed by atoms with Crippen molar-refractivity contribution in [1.29, 1.82) is 0 Å². The predicted molar refractivity (Wildman–Crippen MR) is 120 cm³/mol. The maximum absolute atomic E-state index is 12.8. The van der Waals surface area contributed by atoms with E-state index in [-0.39, 0.29) is 37.3 Å². The molecule has 32 heavy (non-hydrogen) atoms. The number of fused-ring (bicyclic) bond motifs is 1. The zero-order valence-electron chi connectivity index (χ0n) is 18.9. The molecule has 0 N–H and O–H groups in total. The van der Waals surface area contributed by atoms with E-state index in [1.807, 2.05) is 23.1 Å². The van der Waals surface area contributed by atoms with Crippen molar-refractivity contribution in [2.24, 2.45) is 0 Å². The van der Waals surface area contributed by atoms with Gasteiger partial charge in [0.05, 0.1) is 0 Å². The van der Waals surface area contributed by atoms with E-state index < -0.39 is 0 Å². The van der Waals surface area contributed by atoms with E-state index in [0.29, 0.717) is 23.6 Å². The number of hydrogen-bond acceptors (Lipinski definition) is 5. The summed E-state index contributed by atoms with van der Waals surface area (Å²) >= 11 is 0. The SMILES string of the molecule is CC1CCCC(C)N1C(=O)COc1ccc(C(=O)N(C)Cc2ccc3c(c2)OCO3)cc1.